The van der Waals surface area contributed by atoms with E-state index in [-0.39, 0.29) is 34.3 Å². The number of hydrogen-bond donors (Lipinski definition) is 1. The van der Waals surface area contributed by atoms with E-state index < -0.39 is 5.97 Å². The van der Waals surface area contributed by atoms with E-state index in [0.717, 1.165) is 12.0 Å². The van der Waals surface area contributed by atoms with Gasteiger partial charge in [0, 0.05) is 28.5 Å². The molecular formula is C16H14AlO3. The van der Waals surface area contributed by atoms with Crippen LogP contribution in [0.4, 0.5) is 0 Å². The van der Waals surface area contributed by atoms with E-state index in [1.165, 1.54) is 6.07 Å². The third-order valence-corrected chi connectivity index (χ3v) is 3.04. The van der Waals surface area contributed by atoms with E-state index in [9.17, 15) is 9.59 Å². The summed E-state index contributed by atoms with van der Waals surface area (Å²) in [7, 11) is 0. The van der Waals surface area contributed by atoms with Crippen LogP contribution in [-0.2, 0) is 6.42 Å². The molecule has 0 aliphatic heterocycles. The van der Waals surface area contributed by atoms with Gasteiger partial charge in [-0.25, -0.2) is 4.79 Å². The molecule has 0 fully saturated rings. The Bertz CT molecular complexity index is 635. The minimum atomic E-state index is -1.09. The van der Waals surface area contributed by atoms with Crippen LogP contribution in [0.25, 0.3) is 0 Å². The van der Waals surface area contributed by atoms with Gasteiger partial charge < -0.3 is 5.11 Å². The number of carbonyl (C=O) groups excluding carboxylic acids is 1. The Balaban J connectivity index is 0.00000200. The molecule has 1 N–H and O–H groups in total. The zero-order valence-electron chi connectivity index (χ0n) is 11.2. The summed E-state index contributed by atoms with van der Waals surface area (Å²) in [5, 5.41) is 9.14. The molecule has 3 nitrogen and oxygen atoms in total. The van der Waals surface area contributed by atoms with Crippen LogP contribution in [0, 0.1) is 0 Å². The second-order valence-corrected chi connectivity index (χ2v) is 4.19. The fraction of sp³-hybridized carbons (Fsp3) is 0.125. The molecule has 2 aromatic rings. The summed E-state index contributed by atoms with van der Waals surface area (Å²) in [4.78, 5) is 23.6. The zero-order chi connectivity index (χ0) is 13.8. The predicted octanol–water partition coefficient (Wildman–Crippen LogP) is 2.80. The first-order chi connectivity index (χ1) is 9.15. The van der Waals surface area contributed by atoms with Gasteiger partial charge >= 0.3 is 5.97 Å². The summed E-state index contributed by atoms with van der Waals surface area (Å²) in [6.07, 6.45) is 0.733. The highest BCUT2D eigenvalue weighted by molar-refractivity contribution is 6.14. The highest BCUT2D eigenvalue weighted by Gasteiger charge is 2.18. The molecule has 2 aromatic carbocycles. The number of benzene rings is 2. The molecule has 0 aliphatic carbocycles. The second-order valence-electron chi connectivity index (χ2n) is 4.19. The molecule has 0 spiro atoms. The van der Waals surface area contributed by atoms with E-state index in [0.29, 0.717) is 5.56 Å². The molecular weight excluding hydrogens is 267 g/mol. The first-order valence-corrected chi connectivity index (χ1v) is 6.10. The lowest BCUT2D eigenvalue weighted by Crippen LogP contribution is -2.11. The van der Waals surface area contributed by atoms with Crippen molar-refractivity contribution in [1.82, 2.24) is 0 Å². The molecule has 3 radical (unpaired) electrons. The molecule has 0 aliphatic rings. The van der Waals surface area contributed by atoms with Crippen LogP contribution in [0.2, 0.25) is 0 Å². The topological polar surface area (TPSA) is 54.4 Å². The number of aryl methyl sites for hydroxylation is 1. The average molecular weight is 281 g/mol. The molecule has 0 saturated heterocycles. The SMILES string of the molecule is CCc1ccccc1C(=O)c1ccccc1C(=O)O.[Al]. The maximum atomic E-state index is 12.5. The van der Waals surface area contributed by atoms with Crippen LogP contribution in [-0.4, -0.2) is 34.2 Å². The Morgan fingerprint density at radius 2 is 1.40 bits per heavy atom. The van der Waals surface area contributed by atoms with E-state index in [4.69, 9.17) is 5.11 Å². The van der Waals surface area contributed by atoms with Gasteiger partial charge in [0.25, 0.3) is 0 Å². The third kappa shape index (κ3) is 3.16. The van der Waals surface area contributed by atoms with E-state index in [1.807, 2.05) is 19.1 Å². The lowest BCUT2D eigenvalue weighted by atomic mass is 9.94. The molecule has 0 aromatic heterocycles. The van der Waals surface area contributed by atoms with Gasteiger partial charge in [0.2, 0.25) is 0 Å². The summed E-state index contributed by atoms with van der Waals surface area (Å²) >= 11 is 0. The maximum Gasteiger partial charge on any atom is 0.336 e. The highest BCUT2D eigenvalue weighted by Crippen LogP contribution is 2.18. The van der Waals surface area contributed by atoms with Gasteiger partial charge in [-0.3, -0.25) is 4.79 Å². The molecule has 99 valence electrons. The Kier molecular flexibility index (Phi) is 5.69. The molecule has 20 heavy (non-hydrogen) atoms. The summed E-state index contributed by atoms with van der Waals surface area (Å²) < 4.78 is 0. The molecule has 0 saturated carbocycles. The van der Waals surface area contributed by atoms with Gasteiger partial charge in [0.05, 0.1) is 5.56 Å². The van der Waals surface area contributed by atoms with Crippen molar-refractivity contribution in [3.63, 3.8) is 0 Å². The Morgan fingerprint density at radius 1 is 0.900 bits per heavy atom. The molecule has 0 heterocycles. The van der Waals surface area contributed by atoms with Crippen molar-refractivity contribution < 1.29 is 14.7 Å². The quantitative estimate of drug-likeness (QED) is 0.692. The average Bonchev–Trinajstić information content (AvgIpc) is 2.46. The van der Waals surface area contributed by atoms with Gasteiger partial charge in [-0.2, -0.15) is 0 Å². The van der Waals surface area contributed by atoms with Crippen molar-refractivity contribution in [2.24, 2.45) is 0 Å². The largest absolute Gasteiger partial charge is 0.478 e. The molecule has 0 unspecified atom stereocenters. The van der Waals surface area contributed by atoms with Crippen molar-refractivity contribution in [1.29, 1.82) is 0 Å². The van der Waals surface area contributed by atoms with Gasteiger partial charge in [0.15, 0.2) is 5.78 Å². The third-order valence-electron chi connectivity index (χ3n) is 3.04. The first-order valence-electron chi connectivity index (χ1n) is 6.10. The van der Waals surface area contributed by atoms with Crippen LogP contribution in [0.15, 0.2) is 48.5 Å². The van der Waals surface area contributed by atoms with Crippen molar-refractivity contribution in [2.45, 2.75) is 13.3 Å². The normalized spacial score (nSPS) is 9.65. The van der Waals surface area contributed by atoms with Crippen molar-refractivity contribution in [3.05, 3.63) is 70.8 Å². The predicted molar refractivity (Wildman–Crippen MR) is 78.4 cm³/mol. The Hall–Kier alpha value is -1.89. The first kappa shape index (κ1) is 16.2. The fourth-order valence-electron chi connectivity index (χ4n) is 2.06. The van der Waals surface area contributed by atoms with Gasteiger partial charge in [-0.1, -0.05) is 49.4 Å². The molecule has 0 amide bonds. The number of rotatable bonds is 4. The number of carbonyl (C=O) groups is 2. The smallest absolute Gasteiger partial charge is 0.336 e. The van der Waals surface area contributed by atoms with Crippen LogP contribution in [0.1, 0.15) is 38.8 Å². The van der Waals surface area contributed by atoms with Gasteiger partial charge in [-0.05, 0) is 18.1 Å². The van der Waals surface area contributed by atoms with Crippen LogP contribution < -0.4 is 0 Å². The maximum absolute atomic E-state index is 12.5. The summed E-state index contributed by atoms with van der Waals surface area (Å²) in [6, 6.07) is 13.6. The van der Waals surface area contributed by atoms with Crippen molar-refractivity contribution in [2.75, 3.05) is 0 Å². The monoisotopic (exact) mass is 281 g/mol. The van der Waals surface area contributed by atoms with Crippen LogP contribution in [0.5, 0.6) is 0 Å². The molecule has 0 atom stereocenters. The number of aromatic carboxylic acids is 1. The standard InChI is InChI=1S/C16H14O3.Al/c1-2-11-7-3-4-8-12(11)15(17)13-9-5-6-10-14(13)16(18)19;/h3-10H,2H2,1H3,(H,18,19);. The van der Waals surface area contributed by atoms with Crippen molar-refractivity contribution >= 4 is 29.1 Å². The Labute approximate surface area is 128 Å². The number of carboxylic acid groups (broad SMARTS) is 1. The summed E-state index contributed by atoms with van der Waals surface area (Å²) in [5.74, 6) is -1.33. The highest BCUT2D eigenvalue weighted by atomic mass is 27.0. The fourth-order valence-corrected chi connectivity index (χ4v) is 2.06. The van der Waals surface area contributed by atoms with E-state index >= 15 is 0 Å². The second kappa shape index (κ2) is 7.04. The lowest BCUT2D eigenvalue weighted by molar-refractivity contribution is 0.0693. The molecule has 2 rings (SSSR count). The number of ketones is 1. The summed E-state index contributed by atoms with van der Waals surface area (Å²) in [5.41, 5.74) is 1.76. The number of carboxylic acids is 1. The van der Waals surface area contributed by atoms with E-state index in [1.54, 1.807) is 30.3 Å². The Morgan fingerprint density at radius 3 is 1.95 bits per heavy atom. The molecule has 4 heteroatoms. The van der Waals surface area contributed by atoms with Crippen LogP contribution >= 0.6 is 0 Å². The molecule has 0 bridgehead atoms. The lowest BCUT2D eigenvalue weighted by Gasteiger charge is -2.08. The number of hydrogen-bond acceptors (Lipinski definition) is 2. The van der Waals surface area contributed by atoms with E-state index in [2.05, 4.69) is 0 Å². The van der Waals surface area contributed by atoms with Crippen molar-refractivity contribution in [3.8, 4) is 0 Å². The summed E-state index contributed by atoms with van der Waals surface area (Å²) in [6.45, 7) is 1.97. The van der Waals surface area contributed by atoms with Gasteiger partial charge in [0.1, 0.15) is 0 Å². The van der Waals surface area contributed by atoms with Gasteiger partial charge in [-0.15, -0.1) is 0 Å². The van der Waals surface area contributed by atoms with Crippen LogP contribution in [0.3, 0.4) is 0 Å². The minimum Gasteiger partial charge on any atom is -0.478 e. The minimum absolute atomic E-state index is 0. The zero-order valence-corrected chi connectivity index (χ0v) is 12.3.